The number of cyclic esters (lactones) is 1. The van der Waals surface area contributed by atoms with Crippen LogP contribution in [-0.2, 0) is 14.3 Å². The summed E-state index contributed by atoms with van der Waals surface area (Å²) in [6.07, 6.45) is 6.19. The van der Waals surface area contributed by atoms with Crippen LogP contribution < -0.4 is 10.2 Å². The molecule has 244 valence electrons. The fourth-order valence-corrected chi connectivity index (χ4v) is 6.26. The maximum absolute atomic E-state index is 14.8. The average molecular weight is 615 g/mol. The Labute approximate surface area is 262 Å². The van der Waals surface area contributed by atoms with Crippen LogP contribution in [0.5, 0.6) is 0 Å². The number of benzene rings is 1. The molecule has 3 aliphatic heterocycles. The van der Waals surface area contributed by atoms with Crippen molar-refractivity contribution in [2.24, 2.45) is 11.8 Å². The van der Waals surface area contributed by atoms with Crippen LogP contribution in [-0.4, -0.2) is 105 Å². The summed E-state index contributed by atoms with van der Waals surface area (Å²) in [7, 11) is 4.04. The van der Waals surface area contributed by atoms with E-state index in [1.54, 1.807) is 11.0 Å². The molecule has 5 atom stereocenters. The molecule has 44 heavy (non-hydrogen) atoms. The number of likely N-dealkylation sites (N-methyl/N-ethyl adjacent to an activating group) is 1. The quantitative estimate of drug-likeness (QED) is 0.371. The Morgan fingerprint density at radius 3 is 2.50 bits per heavy atom. The van der Waals surface area contributed by atoms with Crippen molar-refractivity contribution < 1.29 is 28.6 Å². The minimum Gasteiger partial charge on any atom is -0.457 e. The molecule has 2 N–H and O–H groups in total. The first-order chi connectivity index (χ1) is 21.0. The Balaban J connectivity index is 1.56. The number of amides is 1. The molecule has 2 fully saturated rings. The molecule has 0 unspecified atom stereocenters. The monoisotopic (exact) mass is 614 g/mol. The number of hydrogen-bond donors (Lipinski definition) is 2. The molecule has 4 rings (SSSR count). The topological polar surface area (TPSA) is 94.6 Å². The molecule has 1 amide bonds. The van der Waals surface area contributed by atoms with Gasteiger partial charge in [-0.2, -0.15) is 0 Å². The molecule has 1 aromatic rings. The second-order valence-corrected chi connectivity index (χ2v) is 12.9. The molecule has 9 nitrogen and oxygen atoms in total. The number of nitrogens with zero attached hydrogens (tertiary/aromatic N) is 3. The fourth-order valence-electron chi connectivity index (χ4n) is 6.26. The van der Waals surface area contributed by atoms with Crippen LogP contribution in [0.15, 0.2) is 35.9 Å². The van der Waals surface area contributed by atoms with Gasteiger partial charge in [0.2, 0.25) is 0 Å². The molecule has 0 aliphatic carbocycles. The summed E-state index contributed by atoms with van der Waals surface area (Å²) >= 11 is 0. The zero-order valence-electron chi connectivity index (χ0n) is 27.0. The van der Waals surface area contributed by atoms with Crippen LogP contribution in [0.2, 0.25) is 0 Å². The average Bonchev–Trinajstić information content (AvgIpc) is 3.00. The molecule has 2 saturated heterocycles. The smallest absolute Gasteiger partial charge is 0.410 e. The molecular formula is C34H51FN4O5. The number of piperazine rings is 1. The number of aliphatic hydroxyl groups is 1. The Morgan fingerprint density at radius 1 is 1.09 bits per heavy atom. The van der Waals surface area contributed by atoms with Crippen LogP contribution in [0.3, 0.4) is 0 Å². The van der Waals surface area contributed by atoms with E-state index in [0.29, 0.717) is 37.5 Å². The van der Waals surface area contributed by atoms with Crippen molar-refractivity contribution in [2.45, 2.75) is 77.2 Å². The van der Waals surface area contributed by atoms with E-state index in [2.05, 4.69) is 15.1 Å². The van der Waals surface area contributed by atoms with Gasteiger partial charge in [0, 0.05) is 50.9 Å². The van der Waals surface area contributed by atoms with E-state index >= 15 is 0 Å². The van der Waals surface area contributed by atoms with E-state index in [4.69, 9.17) is 9.47 Å². The SMILES string of the molecule is C/C(=C\c1cc(F)cc(N(C)C2CCNCC2)c1)[C@H]1OC(=O)C[C@H](O)CC[C@H](C)[C@@H](OC(=O)N2CCN(C)CC2)/C=C/[C@@H]1C. The largest absolute Gasteiger partial charge is 0.457 e. The predicted molar refractivity (Wildman–Crippen MR) is 171 cm³/mol. The first-order valence-corrected chi connectivity index (χ1v) is 16.1. The number of nitrogens with one attached hydrogen (secondary N) is 1. The van der Waals surface area contributed by atoms with Crippen molar-refractivity contribution in [1.82, 2.24) is 15.1 Å². The second-order valence-electron chi connectivity index (χ2n) is 12.9. The standard InChI is InChI=1S/C34H51FN4O5/c1-23-6-8-30(40)22-32(41)44-33(24(2)7-9-31(23)43-34(42)39-16-14-37(4)15-17-39)25(3)18-26-19-27(35)21-29(20-26)38(5)28-10-12-36-13-11-28/h7,9,18-21,23-24,28,30-31,33,36,40H,6,8,10-17,22H2,1-5H3/b9-7+,25-18+/t23-,24-,30+,31-,33-/m0/s1. The maximum atomic E-state index is 14.8. The van der Waals surface area contributed by atoms with Crippen molar-refractivity contribution >= 4 is 23.8 Å². The Morgan fingerprint density at radius 2 is 1.80 bits per heavy atom. The number of ether oxygens (including phenoxy) is 2. The number of carbonyl (C=O) groups is 2. The lowest BCUT2D eigenvalue weighted by Crippen LogP contribution is -2.48. The van der Waals surface area contributed by atoms with E-state index in [0.717, 1.165) is 50.3 Å². The number of carbonyl (C=O) groups excluding carboxylic acids is 2. The highest BCUT2D eigenvalue weighted by Crippen LogP contribution is 2.28. The summed E-state index contributed by atoms with van der Waals surface area (Å²) in [6, 6.07) is 5.34. The second kappa shape index (κ2) is 15.9. The summed E-state index contributed by atoms with van der Waals surface area (Å²) in [4.78, 5) is 32.0. The Kier molecular flexibility index (Phi) is 12.2. The summed E-state index contributed by atoms with van der Waals surface area (Å²) in [6.45, 7) is 10.5. The summed E-state index contributed by atoms with van der Waals surface area (Å²) in [5, 5.41) is 14.0. The first-order valence-electron chi connectivity index (χ1n) is 16.1. The van der Waals surface area contributed by atoms with Gasteiger partial charge in [-0.05, 0) is 94.1 Å². The minimum atomic E-state index is -0.862. The van der Waals surface area contributed by atoms with Gasteiger partial charge in [0.05, 0.1) is 12.5 Å². The molecule has 0 radical (unpaired) electrons. The molecule has 3 aliphatic rings. The lowest BCUT2D eigenvalue weighted by Gasteiger charge is -2.33. The van der Waals surface area contributed by atoms with Gasteiger partial charge in [-0.25, -0.2) is 9.18 Å². The predicted octanol–water partition coefficient (Wildman–Crippen LogP) is 4.45. The van der Waals surface area contributed by atoms with Gasteiger partial charge in [-0.3, -0.25) is 4.79 Å². The van der Waals surface area contributed by atoms with Gasteiger partial charge < -0.3 is 34.6 Å². The lowest BCUT2D eigenvalue weighted by molar-refractivity contribution is -0.151. The van der Waals surface area contributed by atoms with Crippen molar-refractivity contribution in [2.75, 3.05) is 58.3 Å². The van der Waals surface area contributed by atoms with Gasteiger partial charge in [0.15, 0.2) is 0 Å². The lowest BCUT2D eigenvalue weighted by atomic mass is 9.91. The van der Waals surface area contributed by atoms with E-state index < -0.39 is 24.3 Å². The van der Waals surface area contributed by atoms with Crippen molar-refractivity contribution in [1.29, 1.82) is 0 Å². The maximum Gasteiger partial charge on any atom is 0.410 e. The van der Waals surface area contributed by atoms with Crippen LogP contribution in [0.1, 0.15) is 58.4 Å². The highest BCUT2D eigenvalue weighted by Gasteiger charge is 2.29. The van der Waals surface area contributed by atoms with Crippen LogP contribution in [0.4, 0.5) is 14.9 Å². The molecule has 10 heteroatoms. The number of halogens is 1. The number of aliphatic hydroxyl groups excluding tert-OH is 1. The molecule has 3 heterocycles. The highest BCUT2D eigenvalue weighted by molar-refractivity contribution is 5.71. The highest BCUT2D eigenvalue weighted by atomic mass is 19.1. The van der Waals surface area contributed by atoms with Gasteiger partial charge in [-0.15, -0.1) is 0 Å². The van der Waals surface area contributed by atoms with Gasteiger partial charge in [-0.1, -0.05) is 26.0 Å². The van der Waals surface area contributed by atoms with Crippen molar-refractivity contribution in [3.63, 3.8) is 0 Å². The van der Waals surface area contributed by atoms with Gasteiger partial charge in [0.25, 0.3) is 0 Å². The van der Waals surface area contributed by atoms with Gasteiger partial charge >= 0.3 is 12.1 Å². The third-order valence-corrected chi connectivity index (χ3v) is 9.27. The number of piperidine rings is 1. The minimum absolute atomic E-state index is 0.0577. The van der Waals surface area contributed by atoms with Crippen LogP contribution in [0.25, 0.3) is 6.08 Å². The van der Waals surface area contributed by atoms with E-state index in [9.17, 15) is 19.1 Å². The zero-order valence-corrected chi connectivity index (χ0v) is 27.0. The number of anilines is 1. The summed E-state index contributed by atoms with van der Waals surface area (Å²) in [5.74, 6) is -1.13. The third-order valence-electron chi connectivity index (χ3n) is 9.27. The van der Waals surface area contributed by atoms with E-state index in [1.165, 1.54) is 6.07 Å². The summed E-state index contributed by atoms with van der Waals surface area (Å²) in [5.41, 5.74) is 2.24. The van der Waals surface area contributed by atoms with Crippen LogP contribution >= 0.6 is 0 Å². The number of esters is 1. The number of hydrogen-bond acceptors (Lipinski definition) is 8. The Bertz CT molecular complexity index is 1180. The Hall–Kier alpha value is -2.95. The van der Waals surface area contributed by atoms with Crippen LogP contribution in [0, 0.1) is 17.7 Å². The molecule has 0 saturated carbocycles. The molecule has 1 aromatic carbocycles. The summed E-state index contributed by atoms with van der Waals surface area (Å²) < 4.78 is 26.8. The number of rotatable bonds is 5. The molecule has 0 bridgehead atoms. The van der Waals surface area contributed by atoms with E-state index in [1.807, 2.05) is 59.2 Å². The van der Waals surface area contributed by atoms with Gasteiger partial charge in [0.1, 0.15) is 18.0 Å². The molecule has 0 aromatic heterocycles. The third kappa shape index (κ3) is 9.52. The van der Waals surface area contributed by atoms with Crippen molar-refractivity contribution in [3.8, 4) is 0 Å². The van der Waals surface area contributed by atoms with Crippen molar-refractivity contribution in [3.05, 3.63) is 47.3 Å². The first kappa shape index (κ1) is 33.9. The fraction of sp³-hybridized carbons (Fsp3) is 0.647. The van der Waals surface area contributed by atoms with E-state index in [-0.39, 0.29) is 30.2 Å². The normalized spacial score (nSPS) is 29.2. The molecule has 0 spiro atoms. The molecular weight excluding hydrogens is 563 g/mol. The zero-order chi connectivity index (χ0) is 31.8.